The van der Waals surface area contributed by atoms with Gasteiger partial charge in [-0.2, -0.15) is 0 Å². The Balaban J connectivity index is 2.61. The molecule has 1 aromatic carbocycles. The molecular formula is C14H21FO2. The number of rotatable bonds is 6. The van der Waals surface area contributed by atoms with Crippen molar-refractivity contribution in [1.82, 2.24) is 0 Å². The maximum absolute atomic E-state index is 12.8. The standard InChI is InChI=1S/C14H21FO2/c1-11(8-9-17-3)14(2,16)10-12-4-6-13(15)7-5-12/h4-7,11,16H,8-10H2,1-3H3. The first-order valence-corrected chi connectivity index (χ1v) is 5.91. The minimum absolute atomic E-state index is 0.132. The van der Waals surface area contributed by atoms with Crippen LogP contribution in [-0.2, 0) is 11.2 Å². The van der Waals surface area contributed by atoms with Crippen LogP contribution in [0.3, 0.4) is 0 Å². The van der Waals surface area contributed by atoms with Crippen molar-refractivity contribution in [2.24, 2.45) is 5.92 Å². The third kappa shape index (κ3) is 4.44. The van der Waals surface area contributed by atoms with Crippen molar-refractivity contribution in [1.29, 1.82) is 0 Å². The molecule has 0 bridgehead atoms. The molecule has 2 nitrogen and oxygen atoms in total. The topological polar surface area (TPSA) is 29.5 Å². The lowest BCUT2D eigenvalue weighted by molar-refractivity contribution is -0.00556. The summed E-state index contributed by atoms with van der Waals surface area (Å²) in [5.74, 6) is -0.117. The van der Waals surface area contributed by atoms with E-state index in [0.29, 0.717) is 13.0 Å². The predicted octanol–water partition coefficient (Wildman–Crippen LogP) is 2.79. The highest BCUT2D eigenvalue weighted by molar-refractivity contribution is 5.18. The molecule has 2 unspecified atom stereocenters. The van der Waals surface area contributed by atoms with E-state index in [4.69, 9.17) is 4.74 Å². The summed E-state index contributed by atoms with van der Waals surface area (Å²) in [6.45, 7) is 4.46. The molecule has 0 saturated heterocycles. The van der Waals surface area contributed by atoms with Gasteiger partial charge in [-0.15, -0.1) is 0 Å². The van der Waals surface area contributed by atoms with Crippen LogP contribution in [0.4, 0.5) is 4.39 Å². The van der Waals surface area contributed by atoms with Gasteiger partial charge in [0.1, 0.15) is 5.82 Å². The number of aliphatic hydroxyl groups is 1. The average Bonchev–Trinajstić information content (AvgIpc) is 2.28. The fourth-order valence-corrected chi connectivity index (χ4v) is 1.80. The van der Waals surface area contributed by atoms with Crippen LogP contribution in [0.5, 0.6) is 0 Å². The van der Waals surface area contributed by atoms with Crippen LogP contribution in [-0.4, -0.2) is 24.4 Å². The van der Waals surface area contributed by atoms with E-state index in [1.54, 1.807) is 19.2 Å². The van der Waals surface area contributed by atoms with Gasteiger partial charge in [-0.3, -0.25) is 0 Å². The first-order chi connectivity index (χ1) is 7.95. The van der Waals surface area contributed by atoms with E-state index < -0.39 is 5.60 Å². The van der Waals surface area contributed by atoms with Gasteiger partial charge in [0.25, 0.3) is 0 Å². The number of hydrogen-bond acceptors (Lipinski definition) is 2. The molecule has 0 aliphatic heterocycles. The fraction of sp³-hybridized carbons (Fsp3) is 0.571. The highest BCUT2D eigenvalue weighted by atomic mass is 19.1. The second-order valence-electron chi connectivity index (χ2n) is 4.84. The minimum Gasteiger partial charge on any atom is -0.390 e. The molecule has 0 saturated carbocycles. The molecule has 0 amide bonds. The predicted molar refractivity (Wildman–Crippen MR) is 66.4 cm³/mol. The maximum Gasteiger partial charge on any atom is 0.123 e. The van der Waals surface area contributed by atoms with Crippen LogP contribution in [0.2, 0.25) is 0 Å². The van der Waals surface area contributed by atoms with E-state index in [1.807, 2.05) is 13.8 Å². The summed E-state index contributed by atoms with van der Waals surface area (Å²) in [4.78, 5) is 0. The second-order valence-corrected chi connectivity index (χ2v) is 4.84. The lowest BCUT2D eigenvalue weighted by Crippen LogP contribution is -2.35. The summed E-state index contributed by atoms with van der Waals surface area (Å²) >= 11 is 0. The maximum atomic E-state index is 12.8. The quantitative estimate of drug-likeness (QED) is 0.828. The van der Waals surface area contributed by atoms with Crippen LogP contribution in [0, 0.1) is 11.7 Å². The zero-order chi connectivity index (χ0) is 12.9. The summed E-state index contributed by atoms with van der Waals surface area (Å²) in [6, 6.07) is 6.27. The lowest BCUT2D eigenvalue weighted by atomic mass is 9.83. The van der Waals surface area contributed by atoms with Crippen molar-refractivity contribution >= 4 is 0 Å². The van der Waals surface area contributed by atoms with E-state index in [0.717, 1.165) is 12.0 Å². The molecule has 17 heavy (non-hydrogen) atoms. The van der Waals surface area contributed by atoms with Gasteiger partial charge in [0, 0.05) is 20.1 Å². The summed E-state index contributed by atoms with van der Waals surface area (Å²) in [5.41, 5.74) is 0.150. The zero-order valence-electron chi connectivity index (χ0n) is 10.7. The van der Waals surface area contributed by atoms with Crippen molar-refractivity contribution in [3.8, 4) is 0 Å². The smallest absolute Gasteiger partial charge is 0.123 e. The van der Waals surface area contributed by atoms with Gasteiger partial charge in [-0.05, 0) is 37.0 Å². The number of benzene rings is 1. The zero-order valence-corrected chi connectivity index (χ0v) is 10.7. The molecule has 3 heteroatoms. The van der Waals surface area contributed by atoms with Gasteiger partial charge in [-0.25, -0.2) is 4.39 Å². The Morgan fingerprint density at radius 3 is 2.47 bits per heavy atom. The van der Waals surface area contributed by atoms with E-state index in [9.17, 15) is 9.50 Å². The molecule has 1 aromatic rings. The van der Waals surface area contributed by atoms with E-state index in [-0.39, 0.29) is 11.7 Å². The first-order valence-electron chi connectivity index (χ1n) is 5.91. The molecular weight excluding hydrogens is 219 g/mol. The Morgan fingerprint density at radius 2 is 1.94 bits per heavy atom. The minimum atomic E-state index is -0.795. The SMILES string of the molecule is COCCC(C)C(C)(O)Cc1ccc(F)cc1. The fourth-order valence-electron chi connectivity index (χ4n) is 1.80. The average molecular weight is 240 g/mol. The van der Waals surface area contributed by atoms with Crippen molar-refractivity contribution in [2.75, 3.05) is 13.7 Å². The molecule has 0 fully saturated rings. The normalized spacial score (nSPS) is 16.5. The highest BCUT2D eigenvalue weighted by Crippen LogP contribution is 2.24. The van der Waals surface area contributed by atoms with Crippen LogP contribution in [0.15, 0.2) is 24.3 Å². The van der Waals surface area contributed by atoms with Gasteiger partial charge in [0.15, 0.2) is 0 Å². The van der Waals surface area contributed by atoms with Gasteiger partial charge in [0.2, 0.25) is 0 Å². The van der Waals surface area contributed by atoms with Crippen molar-refractivity contribution < 1.29 is 14.2 Å². The van der Waals surface area contributed by atoms with Crippen molar-refractivity contribution in [2.45, 2.75) is 32.3 Å². The number of methoxy groups -OCH3 is 1. The number of hydrogen-bond donors (Lipinski definition) is 1. The Morgan fingerprint density at radius 1 is 1.35 bits per heavy atom. The molecule has 0 aromatic heterocycles. The Labute approximate surface area is 102 Å². The third-order valence-corrected chi connectivity index (χ3v) is 3.29. The third-order valence-electron chi connectivity index (χ3n) is 3.29. The van der Waals surface area contributed by atoms with E-state index in [1.165, 1.54) is 12.1 Å². The summed E-state index contributed by atoms with van der Waals surface area (Å²) in [6.07, 6.45) is 1.34. The molecule has 1 rings (SSSR count). The largest absolute Gasteiger partial charge is 0.390 e. The summed E-state index contributed by atoms with van der Waals surface area (Å²) in [7, 11) is 1.65. The van der Waals surface area contributed by atoms with Gasteiger partial charge >= 0.3 is 0 Å². The molecule has 0 heterocycles. The highest BCUT2D eigenvalue weighted by Gasteiger charge is 2.28. The molecule has 0 aliphatic rings. The van der Waals surface area contributed by atoms with Crippen molar-refractivity contribution in [3.05, 3.63) is 35.6 Å². The number of halogens is 1. The van der Waals surface area contributed by atoms with Gasteiger partial charge < -0.3 is 9.84 Å². The van der Waals surface area contributed by atoms with Gasteiger partial charge in [-0.1, -0.05) is 19.1 Å². The van der Waals surface area contributed by atoms with Gasteiger partial charge in [0.05, 0.1) is 5.60 Å². The van der Waals surface area contributed by atoms with Crippen LogP contribution in [0.1, 0.15) is 25.8 Å². The Kier molecular flexibility index (Phi) is 5.09. The monoisotopic (exact) mass is 240 g/mol. The lowest BCUT2D eigenvalue weighted by Gasteiger charge is -2.30. The molecule has 1 N–H and O–H groups in total. The number of ether oxygens (including phenoxy) is 1. The molecule has 0 spiro atoms. The second kappa shape index (κ2) is 6.12. The van der Waals surface area contributed by atoms with Crippen LogP contribution in [0.25, 0.3) is 0 Å². The first kappa shape index (κ1) is 14.1. The molecule has 96 valence electrons. The Hall–Kier alpha value is -0.930. The van der Waals surface area contributed by atoms with Crippen LogP contribution < -0.4 is 0 Å². The summed E-state index contributed by atoms with van der Waals surface area (Å²) < 4.78 is 17.8. The van der Waals surface area contributed by atoms with Crippen LogP contribution >= 0.6 is 0 Å². The van der Waals surface area contributed by atoms with E-state index >= 15 is 0 Å². The summed E-state index contributed by atoms with van der Waals surface area (Å²) in [5, 5.41) is 10.4. The Bertz CT molecular complexity index is 333. The molecule has 0 aliphatic carbocycles. The van der Waals surface area contributed by atoms with Crippen molar-refractivity contribution in [3.63, 3.8) is 0 Å². The molecule has 0 radical (unpaired) electrons. The van der Waals surface area contributed by atoms with E-state index in [2.05, 4.69) is 0 Å². The molecule has 2 atom stereocenters.